The van der Waals surface area contributed by atoms with Gasteiger partial charge in [0.25, 0.3) is 17.4 Å². The van der Waals surface area contributed by atoms with E-state index < -0.39 is 23.2 Å². The minimum Gasteiger partial charge on any atom is -0.369 e. The third-order valence-corrected chi connectivity index (χ3v) is 8.26. The SMILES string of the molecule is CNC(=O)c1ccc(N2CCC(CC3CCN(C(=O)C(O)(c4cccc(C)c4)C(F)(F)F)CC3)CC2)nc1Cl. The van der Waals surface area contributed by atoms with Crippen LogP contribution in [0.3, 0.4) is 0 Å². The molecule has 3 heterocycles. The van der Waals surface area contributed by atoms with Crippen LogP contribution in [-0.2, 0) is 10.4 Å². The van der Waals surface area contributed by atoms with Crippen LogP contribution in [0.15, 0.2) is 36.4 Å². The summed E-state index contributed by atoms with van der Waals surface area (Å²) in [4.78, 5) is 32.6. The van der Waals surface area contributed by atoms with Gasteiger partial charge in [-0.05, 0) is 63.0 Å². The van der Waals surface area contributed by atoms with Crippen LogP contribution in [0.1, 0.15) is 53.6 Å². The Morgan fingerprint density at radius 1 is 1.05 bits per heavy atom. The second-order valence-corrected chi connectivity index (χ2v) is 10.9. The minimum absolute atomic E-state index is 0.162. The largest absolute Gasteiger partial charge is 0.430 e. The molecular formula is C28H34ClF3N4O3. The predicted molar refractivity (Wildman–Crippen MR) is 143 cm³/mol. The fourth-order valence-corrected chi connectivity index (χ4v) is 5.89. The number of carbonyl (C=O) groups is 2. The van der Waals surface area contributed by atoms with Gasteiger partial charge in [0.05, 0.1) is 5.56 Å². The zero-order valence-electron chi connectivity index (χ0n) is 22.1. The lowest BCUT2D eigenvalue weighted by Crippen LogP contribution is -2.57. The van der Waals surface area contributed by atoms with Gasteiger partial charge in [-0.25, -0.2) is 4.98 Å². The van der Waals surface area contributed by atoms with Crippen LogP contribution < -0.4 is 10.2 Å². The number of nitrogens with one attached hydrogen (secondary N) is 1. The summed E-state index contributed by atoms with van der Waals surface area (Å²) in [5.74, 6) is -0.0927. The molecule has 0 bridgehead atoms. The number of benzene rings is 1. The van der Waals surface area contributed by atoms with Gasteiger partial charge in [-0.15, -0.1) is 0 Å². The molecular weight excluding hydrogens is 533 g/mol. The number of likely N-dealkylation sites (tertiary alicyclic amines) is 1. The van der Waals surface area contributed by atoms with E-state index >= 15 is 0 Å². The molecule has 1 aromatic carbocycles. The highest BCUT2D eigenvalue weighted by Gasteiger charge is 2.62. The lowest BCUT2D eigenvalue weighted by Gasteiger charge is -2.40. The standard InChI is InChI=1S/C28H34ClF3N4O3/c1-18-4-3-5-21(16-18)27(39,28(30,31)32)26(38)36-14-10-20(11-15-36)17-19-8-12-35(13-9-19)23-7-6-22(24(29)34-23)25(37)33-2/h3-7,16,19-20,39H,8-15,17H2,1-2H3,(H,33,37). The number of aryl methyl sites for hydroxylation is 1. The van der Waals surface area contributed by atoms with Crippen molar-refractivity contribution in [1.29, 1.82) is 0 Å². The molecule has 39 heavy (non-hydrogen) atoms. The summed E-state index contributed by atoms with van der Waals surface area (Å²) in [7, 11) is 1.53. The zero-order valence-corrected chi connectivity index (χ0v) is 22.9. The fourth-order valence-electron chi connectivity index (χ4n) is 5.65. The second-order valence-electron chi connectivity index (χ2n) is 10.6. The summed E-state index contributed by atoms with van der Waals surface area (Å²) in [6.45, 7) is 3.58. The minimum atomic E-state index is -5.13. The maximum Gasteiger partial charge on any atom is 0.430 e. The molecule has 0 aliphatic carbocycles. The lowest BCUT2D eigenvalue weighted by molar-refractivity contribution is -0.262. The van der Waals surface area contributed by atoms with Crippen LogP contribution in [0.4, 0.5) is 19.0 Å². The second kappa shape index (κ2) is 11.7. The Hall–Kier alpha value is -2.85. The van der Waals surface area contributed by atoms with Crippen LogP contribution in [-0.4, -0.2) is 66.2 Å². The molecule has 1 atom stereocenters. The number of anilines is 1. The number of rotatable bonds is 6. The molecule has 11 heteroatoms. The first-order valence-corrected chi connectivity index (χ1v) is 13.6. The molecule has 2 fully saturated rings. The molecule has 212 valence electrons. The number of carbonyl (C=O) groups excluding carboxylic acids is 2. The summed E-state index contributed by atoms with van der Waals surface area (Å²) < 4.78 is 42.1. The van der Waals surface area contributed by atoms with Gasteiger partial charge >= 0.3 is 6.18 Å². The number of hydrogen-bond donors (Lipinski definition) is 2. The summed E-state index contributed by atoms with van der Waals surface area (Å²) >= 11 is 6.20. The summed E-state index contributed by atoms with van der Waals surface area (Å²) in [6, 6.07) is 8.86. The number of halogens is 4. The van der Waals surface area contributed by atoms with Crippen molar-refractivity contribution in [2.24, 2.45) is 11.8 Å². The highest BCUT2D eigenvalue weighted by Crippen LogP contribution is 2.42. The van der Waals surface area contributed by atoms with Gasteiger partial charge in [0.15, 0.2) is 0 Å². The Morgan fingerprint density at radius 2 is 1.67 bits per heavy atom. The van der Waals surface area contributed by atoms with Gasteiger partial charge in [0, 0.05) is 38.8 Å². The Bertz CT molecular complexity index is 1190. The molecule has 2 aliphatic heterocycles. The van der Waals surface area contributed by atoms with Crippen molar-refractivity contribution in [2.75, 3.05) is 38.1 Å². The third-order valence-electron chi connectivity index (χ3n) is 7.97. The third kappa shape index (κ3) is 6.17. The number of aromatic nitrogens is 1. The van der Waals surface area contributed by atoms with E-state index in [1.54, 1.807) is 25.1 Å². The molecule has 4 rings (SSSR count). The van der Waals surface area contributed by atoms with E-state index in [2.05, 4.69) is 15.2 Å². The lowest BCUT2D eigenvalue weighted by atomic mass is 9.82. The normalized spacial score (nSPS) is 19.1. The van der Waals surface area contributed by atoms with E-state index in [0.717, 1.165) is 49.1 Å². The Balaban J connectivity index is 1.31. The van der Waals surface area contributed by atoms with Crippen LogP contribution in [0.5, 0.6) is 0 Å². The van der Waals surface area contributed by atoms with Gasteiger partial charge < -0.3 is 20.2 Å². The Labute approximate surface area is 231 Å². The molecule has 2 N–H and O–H groups in total. The van der Waals surface area contributed by atoms with Gasteiger partial charge in [0.2, 0.25) is 0 Å². The molecule has 0 radical (unpaired) electrons. The van der Waals surface area contributed by atoms with Gasteiger partial charge in [-0.2, -0.15) is 13.2 Å². The van der Waals surface area contributed by atoms with E-state index in [-0.39, 0.29) is 24.1 Å². The van der Waals surface area contributed by atoms with Gasteiger partial charge in [0.1, 0.15) is 11.0 Å². The summed E-state index contributed by atoms with van der Waals surface area (Å²) in [5.41, 5.74) is -3.15. The van der Waals surface area contributed by atoms with Gasteiger partial charge in [-0.3, -0.25) is 9.59 Å². The van der Waals surface area contributed by atoms with Crippen molar-refractivity contribution >= 4 is 29.2 Å². The molecule has 2 saturated heterocycles. The number of pyridine rings is 1. The molecule has 0 spiro atoms. The van der Waals surface area contributed by atoms with Crippen LogP contribution >= 0.6 is 11.6 Å². The quantitative estimate of drug-likeness (QED) is 0.495. The highest BCUT2D eigenvalue weighted by molar-refractivity contribution is 6.32. The van der Waals surface area contributed by atoms with Gasteiger partial charge in [-0.1, -0.05) is 41.4 Å². The number of nitrogens with zero attached hydrogens (tertiary/aromatic N) is 3. The first-order chi connectivity index (χ1) is 18.4. The smallest absolute Gasteiger partial charge is 0.369 e. The average Bonchev–Trinajstić information content (AvgIpc) is 2.92. The van der Waals surface area contributed by atoms with Crippen molar-refractivity contribution < 1.29 is 27.9 Å². The van der Waals surface area contributed by atoms with Crippen molar-refractivity contribution in [1.82, 2.24) is 15.2 Å². The van der Waals surface area contributed by atoms with E-state index in [0.29, 0.717) is 35.8 Å². The van der Waals surface area contributed by atoms with Crippen molar-refractivity contribution in [3.63, 3.8) is 0 Å². The Morgan fingerprint density at radius 3 is 2.21 bits per heavy atom. The van der Waals surface area contributed by atoms with E-state index in [1.165, 1.54) is 19.2 Å². The molecule has 0 saturated carbocycles. The molecule has 2 amide bonds. The number of amides is 2. The van der Waals surface area contributed by atoms with Crippen molar-refractivity contribution in [2.45, 2.75) is 50.8 Å². The summed E-state index contributed by atoms with van der Waals surface area (Å²) in [5, 5.41) is 13.4. The molecule has 7 nitrogen and oxygen atoms in total. The first-order valence-electron chi connectivity index (χ1n) is 13.2. The summed E-state index contributed by atoms with van der Waals surface area (Å²) in [6.07, 6.45) is -1.10. The molecule has 2 aromatic rings. The molecule has 1 unspecified atom stereocenters. The van der Waals surface area contributed by atoms with Crippen LogP contribution in [0.25, 0.3) is 0 Å². The molecule has 2 aliphatic rings. The average molecular weight is 567 g/mol. The van der Waals surface area contributed by atoms with E-state index in [4.69, 9.17) is 11.6 Å². The Kier molecular flexibility index (Phi) is 8.75. The zero-order chi connectivity index (χ0) is 28.4. The molecule has 1 aromatic heterocycles. The first kappa shape index (κ1) is 29.1. The number of hydrogen-bond acceptors (Lipinski definition) is 5. The van der Waals surface area contributed by atoms with E-state index in [1.807, 2.05) is 0 Å². The van der Waals surface area contributed by atoms with E-state index in [9.17, 15) is 27.9 Å². The number of aliphatic hydroxyl groups is 1. The van der Waals surface area contributed by atoms with Crippen LogP contribution in [0.2, 0.25) is 5.15 Å². The van der Waals surface area contributed by atoms with Crippen molar-refractivity contribution in [3.05, 3.63) is 58.2 Å². The highest BCUT2D eigenvalue weighted by atomic mass is 35.5. The number of piperidine rings is 2. The number of alkyl halides is 3. The maximum absolute atomic E-state index is 14.0. The predicted octanol–water partition coefficient (Wildman–Crippen LogP) is 4.70. The monoisotopic (exact) mass is 566 g/mol. The van der Waals surface area contributed by atoms with Crippen molar-refractivity contribution in [3.8, 4) is 0 Å². The maximum atomic E-state index is 14.0. The van der Waals surface area contributed by atoms with Crippen LogP contribution in [0, 0.1) is 18.8 Å². The fraction of sp³-hybridized carbons (Fsp3) is 0.536. The topological polar surface area (TPSA) is 85.8 Å².